The minimum absolute atomic E-state index is 0.0293. The van der Waals surface area contributed by atoms with Crippen LogP contribution in [0.15, 0.2) is 36.4 Å². The van der Waals surface area contributed by atoms with Gasteiger partial charge in [-0.25, -0.2) is 4.79 Å². The van der Waals surface area contributed by atoms with Gasteiger partial charge in [0.15, 0.2) is 5.75 Å². The summed E-state index contributed by atoms with van der Waals surface area (Å²) < 4.78 is 5.03. The van der Waals surface area contributed by atoms with E-state index in [1.54, 1.807) is 12.1 Å². The molecule has 2 N–H and O–H groups in total. The lowest BCUT2D eigenvalue weighted by Crippen LogP contribution is -2.41. The molecule has 0 spiro atoms. The summed E-state index contributed by atoms with van der Waals surface area (Å²) in [6, 6.07) is 8.64. The normalized spacial score (nSPS) is 13.0. The maximum Gasteiger partial charge on any atom is 0.331 e. The summed E-state index contributed by atoms with van der Waals surface area (Å²) in [6.45, 7) is 1.46. The van der Waals surface area contributed by atoms with Gasteiger partial charge in [-0.05, 0) is 30.7 Å². The molecule has 2 aromatic rings. The number of hydrogen-bond donors (Lipinski definition) is 2. The highest BCUT2D eigenvalue weighted by molar-refractivity contribution is 5.97. The van der Waals surface area contributed by atoms with Crippen LogP contribution in [0.4, 0.5) is 17.1 Å². The number of hydrogen-bond acceptors (Lipinski definition) is 7. The molecule has 0 atom stereocenters. The van der Waals surface area contributed by atoms with E-state index in [9.17, 15) is 24.8 Å². The van der Waals surface area contributed by atoms with Crippen molar-refractivity contribution in [2.45, 2.75) is 6.92 Å². The van der Waals surface area contributed by atoms with Crippen LogP contribution in [-0.2, 0) is 9.59 Å². The topological polar surface area (TPSA) is 122 Å². The number of carbonyl (C=O) groups excluding carboxylic acids is 2. The molecule has 0 radical (unpaired) electrons. The summed E-state index contributed by atoms with van der Waals surface area (Å²) >= 11 is 0. The van der Waals surface area contributed by atoms with Gasteiger partial charge in [-0.3, -0.25) is 14.9 Å². The molecule has 1 aliphatic heterocycles. The highest BCUT2D eigenvalue weighted by Gasteiger charge is 2.27. The quantitative estimate of drug-likeness (QED) is 0.282. The van der Waals surface area contributed by atoms with E-state index in [1.165, 1.54) is 23.1 Å². The van der Waals surface area contributed by atoms with Gasteiger partial charge in [0.05, 0.1) is 28.9 Å². The van der Waals surface area contributed by atoms with Crippen LogP contribution in [0.5, 0.6) is 11.5 Å². The summed E-state index contributed by atoms with van der Waals surface area (Å²) in [5.74, 6) is -1.12. The number of non-ortho nitro benzene ring substituents is 1. The first-order chi connectivity index (χ1) is 12.3. The van der Waals surface area contributed by atoms with E-state index >= 15 is 0 Å². The highest BCUT2D eigenvalue weighted by atomic mass is 16.6. The van der Waals surface area contributed by atoms with Crippen molar-refractivity contribution in [2.24, 2.45) is 0 Å². The maximum absolute atomic E-state index is 12.3. The molecule has 0 saturated carbocycles. The number of nitrogens with zero attached hydrogens (tertiary/aromatic N) is 2. The summed E-state index contributed by atoms with van der Waals surface area (Å²) in [5.41, 5.74) is 1.31. The zero-order chi connectivity index (χ0) is 18.8. The number of phenolic OH excluding ortho intramolecular Hbond substituents is 1. The van der Waals surface area contributed by atoms with Crippen molar-refractivity contribution < 1.29 is 24.4 Å². The fourth-order valence-electron chi connectivity index (χ4n) is 2.61. The van der Waals surface area contributed by atoms with Crippen molar-refractivity contribution in [3.8, 4) is 11.5 Å². The Labute approximate surface area is 148 Å². The average molecular weight is 357 g/mol. The van der Waals surface area contributed by atoms with Gasteiger partial charge >= 0.3 is 5.97 Å². The molecular weight excluding hydrogens is 342 g/mol. The van der Waals surface area contributed by atoms with Crippen LogP contribution in [0.2, 0.25) is 0 Å². The highest BCUT2D eigenvalue weighted by Crippen LogP contribution is 2.35. The maximum atomic E-state index is 12.3. The molecule has 0 bridgehead atoms. The van der Waals surface area contributed by atoms with Crippen molar-refractivity contribution in [1.29, 1.82) is 0 Å². The van der Waals surface area contributed by atoms with E-state index in [-0.39, 0.29) is 36.0 Å². The fourth-order valence-corrected chi connectivity index (χ4v) is 2.61. The predicted molar refractivity (Wildman–Crippen MR) is 92.4 cm³/mol. The number of benzene rings is 2. The predicted octanol–water partition coefficient (Wildman–Crippen LogP) is 1.97. The number of carbonyl (C=O) groups is 2. The molecule has 0 fully saturated rings. The molecule has 0 aliphatic carbocycles. The zero-order valence-electron chi connectivity index (χ0n) is 13.8. The summed E-state index contributed by atoms with van der Waals surface area (Å²) in [6.07, 6.45) is 0. The van der Waals surface area contributed by atoms with Crippen LogP contribution < -0.4 is 15.0 Å². The number of ether oxygens (including phenoxy) is 1. The van der Waals surface area contributed by atoms with Gasteiger partial charge in [0, 0.05) is 6.07 Å². The number of nitrogens with one attached hydrogen (secondary N) is 1. The van der Waals surface area contributed by atoms with Gasteiger partial charge < -0.3 is 20.1 Å². The van der Waals surface area contributed by atoms with Crippen LogP contribution in [-0.4, -0.2) is 35.0 Å². The number of rotatable bonds is 4. The largest absolute Gasteiger partial charge is 0.506 e. The number of aromatic hydroxyl groups is 1. The molecule has 3 rings (SSSR count). The second-order valence-corrected chi connectivity index (χ2v) is 5.81. The first-order valence-corrected chi connectivity index (χ1v) is 7.67. The van der Waals surface area contributed by atoms with Crippen LogP contribution in [0.1, 0.15) is 5.56 Å². The van der Waals surface area contributed by atoms with Crippen LogP contribution in [0.25, 0.3) is 0 Å². The third-order valence-corrected chi connectivity index (χ3v) is 3.80. The van der Waals surface area contributed by atoms with Crippen molar-refractivity contribution in [3.05, 3.63) is 52.1 Å². The molecule has 0 aromatic heterocycles. The third-order valence-electron chi connectivity index (χ3n) is 3.80. The lowest BCUT2D eigenvalue weighted by Gasteiger charge is -2.29. The summed E-state index contributed by atoms with van der Waals surface area (Å²) in [4.78, 5) is 35.8. The molecule has 9 heteroatoms. The monoisotopic (exact) mass is 357 g/mol. The average Bonchev–Trinajstić information content (AvgIpc) is 2.57. The molecule has 1 heterocycles. The second-order valence-electron chi connectivity index (χ2n) is 5.81. The Bertz CT molecular complexity index is 911. The molecule has 1 aliphatic rings. The number of amides is 1. The standard InChI is InChI=1S/C17H15N3O6/c1-10-2-5-14(21)12(6-10)18-16(22)8-19-9-17(23)26-15-7-11(20(24)25)3-4-13(15)19/h2-7,21H,8-9H2,1H3,(H,18,22). The first-order valence-electron chi connectivity index (χ1n) is 7.67. The number of aryl methyl sites for hydroxylation is 1. The Balaban J connectivity index is 1.80. The summed E-state index contributed by atoms with van der Waals surface area (Å²) in [7, 11) is 0. The Morgan fingerprint density at radius 1 is 1.35 bits per heavy atom. The van der Waals surface area contributed by atoms with E-state index in [0.717, 1.165) is 11.6 Å². The number of anilines is 2. The number of esters is 1. The van der Waals surface area contributed by atoms with Gasteiger partial charge in [-0.2, -0.15) is 0 Å². The Morgan fingerprint density at radius 2 is 2.12 bits per heavy atom. The molecule has 2 aromatic carbocycles. The van der Waals surface area contributed by atoms with Crippen molar-refractivity contribution in [1.82, 2.24) is 0 Å². The van der Waals surface area contributed by atoms with Gasteiger partial charge in [-0.15, -0.1) is 0 Å². The molecule has 1 amide bonds. The summed E-state index contributed by atoms with van der Waals surface area (Å²) in [5, 5.41) is 23.2. The molecule has 26 heavy (non-hydrogen) atoms. The Hall–Kier alpha value is -3.62. The van der Waals surface area contributed by atoms with Gasteiger partial charge in [0.1, 0.15) is 12.3 Å². The Morgan fingerprint density at radius 3 is 2.85 bits per heavy atom. The van der Waals surface area contributed by atoms with E-state index < -0.39 is 16.8 Å². The van der Waals surface area contributed by atoms with E-state index in [1.807, 2.05) is 6.92 Å². The lowest BCUT2D eigenvalue weighted by molar-refractivity contribution is -0.384. The number of nitro benzene ring substituents is 1. The van der Waals surface area contributed by atoms with Gasteiger partial charge in [-0.1, -0.05) is 6.07 Å². The minimum atomic E-state index is -0.621. The van der Waals surface area contributed by atoms with Crippen LogP contribution >= 0.6 is 0 Å². The smallest absolute Gasteiger partial charge is 0.331 e. The fraction of sp³-hybridized carbons (Fsp3) is 0.176. The molecule has 9 nitrogen and oxygen atoms in total. The molecule has 134 valence electrons. The van der Waals surface area contributed by atoms with Crippen LogP contribution in [0, 0.1) is 17.0 Å². The molecule has 0 saturated heterocycles. The Kier molecular flexibility index (Phi) is 4.44. The molecular formula is C17H15N3O6. The number of phenols is 1. The SMILES string of the molecule is Cc1ccc(O)c(NC(=O)CN2CC(=O)Oc3cc([N+](=O)[O-])ccc32)c1. The van der Waals surface area contributed by atoms with Crippen molar-refractivity contribution in [2.75, 3.05) is 23.3 Å². The van der Waals surface area contributed by atoms with E-state index in [4.69, 9.17) is 4.74 Å². The van der Waals surface area contributed by atoms with E-state index in [2.05, 4.69) is 5.32 Å². The van der Waals surface area contributed by atoms with Crippen LogP contribution in [0.3, 0.4) is 0 Å². The van der Waals surface area contributed by atoms with E-state index in [0.29, 0.717) is 5.69 Å². The van der Waals surface area contributed by atoms with Gasteiger partial charge in [0.2, 0.25) is 5.91 Å². The minimum Gasteiger partial charge on any atom is -0.506 e. The second kappa shape index (κ2) is 6.71. The first kappa shape index (κ1) is 17.2. The third kappa shape index (κ3) is 3.56. The number of nitro groups is 1. The van der Waals surface area contributed by atoms with Gasteiger partial charge in [0.25, 0.3) is 5.69 Å². The molecule has 0 unspecified atom stereocenters. The van der Waals surface area contributed by atoms with Crippen molar-refractivity contribution in [3.63, 3.8) is 0 Å². The zero-order valence-corrected chi connectivity index (χ0v) is 13.8. The lowest BCUT2D eigenvalue weighted by atomic mass is 10.2. The van der Waals surface area contributed by atoms with Crippen molar-refractivity contribution >= 4 is 28.9 Å². The number of fused-ring (bicyclic) bond motifs is 1.